The van der Waals surface area contributed by atoms with Crippen LogP contribution in [0.3, 0.4) is 0 Å². The van der Waals surface area contributed by atoms with Crippen LogP contribution in [0.5, 0.6) is 5.75 Å². The monoisotopic (exact) mass is 173 g/mol. The van der Waals surface area contributed by atoms with Crippen molar-refractivity contribution in [3.05, 3.63) is 48.3 Å². The van der Waals surface area contributed by atoms with Crippen molar-refractivity contribution in [2.75, 3.05) is 0 Å². The standard InChI is InChI=1S/C10H7NO2/c1-3-10(12)13-9-6-4-5-8(7-9)11-2/h3-7H,1H2. The lowest BCUT2D eigenvalue weighted by molar-refractivity contribution is -0.128. The number of rotatable bonds is 2. The van der Waals surface area contributed by atoms with Crippen LogP contribution >= 0.6 is 0 Å². The molecule has 0 aliphatic heterocycles. The van der Waals surface area contributed by atoms with Crippen LogP contribution < -0.4 is 4.74 Å². The van der Waals surface area contributed by atoms with Crippen LogP contribution in [-0.4, -0.2) is 5.97 Å². The molecule has 0 spiro atoms. The summed E-state index contributed by atoms with van der Waals surface area (Å²) in [6, 6.07) is 6.39. The number of nitrogens with zero attached hydrogens (tertiary/aromatic N) is 1. The van der Waals surface area contributed by atoms with Crippen molar-refractivity contribution in [2.24, 2.45) is 0 Å². The van der Waals surface area contributed by atoms with E-state index in [9.17, 15) is 4.79 Å². The second kappa shape index (κ2) is 4.07. The van der Waals surface area contributed by atoms with Crippen LogP contribution in [0.15, 0.2) is 36.9 Å². The minimum Gasteiger partial charge on any atom is -0.425 e. The molecule has 1 aromatic rings. The van der Waals surface area contributed by atoms with E-state index in [2.05, 4.69) is 11.4 Å². The average Bonchev–Trinajstić information content (AvgIpc) is 2.18. The molecule has 1 rings (SSSR count). The number of benzene rings is 1. The molecule has 64 valence electrons. The van der Waals surface area contributed by atoms with Crippen LogP contribution in [0.4, 0.5) is 5.69 Å². The zero-order valence-corrected chi connectivity index (χ0v) is 6.86. The summed E-state index contributed by atoms with van der Waals surface area (Å²) < 4.78 is 4.81. The third kappa shape index (κ3) is 2.46. The number of carbonyl (C=O) groups excluding carboxylic acids is 1. The number of hydrogen-bond acceptors (Lipinski definition) is 2. The SMILES string of the molecule is [C-]#[N+]c1cccc(OC(=O)C=C)c1. The molecule has 3 heteroatoms. The quantitative estimate of drug-likeness (QED) is 0.297. The molecule has 1 aromatic carbocycles. The van der Waals surface area contributed by atoms with Crippen LogP contribution in [0.1, 0.15) is 0 Å². The fraction of sp³-hybridized carbons (Fsp3) is 0. The molecule has 0 saturated carbocycles. The maximum absolute atomic E-state index is 10.8. The Morgan fingerprint density at radius 1 is 1.62 bits per heavy atom. The lowest BCUT2D eigenvalue weighted by Gasteiger charge is -2.00. The van der Waals surface area contributed by atoms with Gasteiger partial charge in [-0.3, -0.25) is 0 Å². The van der Waals surface area contributed by atoms with E-state index >= 15 is 0 Å². The Morgan fingerprint density at radius 3 is 3.00 bits per heavy atom. The van der Waals surface area contributed by atoms with E-state index in [1.54, 1.807) is 18.2 Å². The lowest BCUT2D eigenvalue weighted by Crippen LogP contribution is -2.02. The molecule has 0 radical (unpaired) electrons. The van der Waals surface area contributed by atoms with Gasteiger partial charge in [0.2, 0.25) is 0 Å². The van der Waals surface area contributed by atoms with Crippen molar-refractivity contribution in [3.8, 4) is 5.75 Å². The smallest absolute Gasteiger partial charge is 0.335 e. The van der Waals surface area contributed by atoms with Crippen molar-refractivity contribution < 1.29 is 9.53 Å². The first-order valence-corrected chi connectivity index (χ1v) is 3.58. The molecule has 3 nitrogen and oxygen atoms in total. The van der Waals surface area contributed by atoms with Crippen molar-refractivity contribution >= 4 is 11.7 Å². The van der Waals surface area contributed by atoms with Crippen LogP contribution in [0.2, 0.25) is 0 Å². The molecule has 0 bridgehead atoms. The first kappa shape index (κ1) is 9.01. The van der Waals surface area contributed by atoms with Gasteiger partial charge in [-0.1, -0.05) is 18.7 Å². The van der Waals surface area contributed by atoms with Gasteiger partial charge in [0.15, 0.2) is 5.69 Å². The van der Waals surface area contributed by atoms with Crippen molar-refractivity contribution in [2.45, 2.75) is 0 Å². The summed E-state index contributed by atoms with van der Waals surface area (Å²) in [4.78, 5) is 14.0. The minimum absolute atomic E-state index is 0.360. The molecule has 0 unspecified atom stereocenters. The van der Waals surface area contributed by atoms with Crippen LogP contribution in [0, 0.1) is 6.57 Å². The van der Waals surface area contributed by atoms with Crippen molar-refractivity contribution in [1.82, 2.24) is 0 Å². The lowest BCUT2D eigenvalue weighted by atomic mass is 10.3. The molecule has 13 heavy (non-hydrogen) atoms. The van der Waals surface area contributed by atoms with Gasteiger partial charge >= 0.3 is 5.97 Å². The van der Waals surface area contributed by atoms with E-state index in [0.717, 1.165) is 6.08 Å². The van der Waals surface area contributed by atoms with Gasteiger partial charge in [-0.2, -0.15) is 0 Å². The molecule has 0 aliphatic rings. The summed E-state index contributed by atoms with van der Waals surface area (Å²) in [5, 5.41) is 0. The molecular formula is C10H7NO2. The van der Waals surface area contributed by atoms with Gasteiger partial charge < -0.3 is 4.74 Å². The Bertz CT molecular complexity index is 377. The highest BCUT2D eigenvalue weighted by Crippen LogP contribution is 2.19. The van der Waals surface area contributed by atoms with Gasteiger partial charge in [0.05, 0.1) is 6.57 Å². The summed E-state index contributed by atoms with van der Waals surface area (Å²) in [7, 11) is 0. The van der Waals surface area contributed by atoms with E-state index in [0.29, 0.717) is 11.4 Å². The molecular weight excluding hydrogens is 166 g/mol. The predicted molar refractivity (Wildman–Crippen MR) is 48.5 cm³/mol. The third-order valence-corrected chi connectivity index (χ3v) is 1.33. The van der Waals surface area contributed by atoms with Crippen LogP contribution in [0.25, 0.3) is 4.85 Å². The highest BCUT2D eigenvalue weighted by Gasteiger charge is 1.99. The number of ether oxygens (including phenoxy) is 1. The molecule has 0 N–H and O–H groups in total. The predicted octanol–water partition coefficient (Wildman–Crippen LogP) is 2.33. The summed E-state index contributed by atoms with van der Waals surface area (Å²) in [6.07, 6.45) is 1.07. The Labute approximate surface area is 76.1 Å². The number of hydrogen-bond donors (Lipinski definition) is 0. The van der Waals surface area contributed by atoms with Gasteiger partial charge in [0.1, 0.15) is 5.75 Å². The summed E-state index contributed by atoms with van der Waals surface area (Å²) in [5.41, 5.74) is 0.439. The molecule has 0 atom stereocenters. The first-order chi connectivity index (χ1) is 6.26. The molecule has 0 fully saturated rings. The van der Waals surface area contributed by atoms with E-state index in [4.69, 9.17) is 11.3 Å². The van der Waals surface area contributed by atoms with Gasteiger partial charge in [-0.25, -0.2) is 9.64 Å². The Morgan fingerprint density at radius 2 is 2.38 bits per heavy atom. The third-order valence-electron chi connectivity index (χ3n) is 1.33. The average molecular weight is 173 g/mol. The van der Waals surface area contributed by atoms with Gasteiger partial charge in [-0.05, 0) is 12.1 Å². The highest BCUT2D eigenvalue weighted by atomic mass is 16.5. The van der Waals surface area contributed by atoms with Gasteiger partial charge in [0.25, 0.3) is 0 Å². The summed E-state index contributed by atoms with van der Waals surface area (Å²) in [6.45, 7) is 10.00. The zero-order valence-electron chi connectivity index (χ0n) is 6.86. The second-order valence-electron chi connectivity index (χ2n) is 2.23. The zero-order chi connectivity index (χ0) is 9.68. The van der Waals surface area contributed by atoms with E-state index < -0.39 is 5.97 Å². The largest absolute Gasteiger partial charge is 0.425 e. The highest BCUT2D eigenvalue weighted by molar-refractivity contribution is 5.83. The fourth-order valence-corrected chi connectivity index (χ4v) is 0.774. The molecule has 0 amide bonds. The Balaban J connectivity index is 2.85. The summed E-state index contributed by atoms with van der Waals surface area (Å²) >= 11 is 0. The van der Waals surface area contributed by atoms with E-state index in [1.165, 1.54) is 6.07 Å². The molecule has 0 saturated heterocycles. The van der Waals surface area contributed by atoms with E-state index in [1.807, 2.05) is 0 Å². The molecule has 0 aliphatic carbocycles. The van der Waals surface area contributed by atoms with Crippen molar-refractivity contribution in [1.29, 1.82) is 0 Å². The Hall–Kier alpha value is -2.08. The summed E-state index contributed by atoms with van der Waals surface area (Å²) in [5.74, 6) is -0.166. The van der Waals surface area contributed by atoms with Crippen molar-refractivity contribution in [3.63, 3.8) is 0 Å². The van der Waals surface area contributed by atoms with Gasteiger partial charge in [-0.15, -0.1) is 0 Å². The van der Waals surface area contributed by atoms with Gasteiger partial charge in [0, 0.05) is 6.08 Å². The van der Waals surface area contributed by atoms with E-state index in [-0.39, 0.29) is 0 Å². The maximum Gasteiger partial charge on any atom is 0.335 e. The maximum atomic E-state index is 10.8. The normalized spacial score (nSPS) is 8.54. The number of carbonyl (C=O) groups is 1. The topological polar surface area (TPSA) is 30.7 Å². The first-order valence-electron chi connectivity index (χ1n) is 3.58. The fourth-order valence-electron chi connectivity index (χ4n) is 0.774. The second-order valence-corrected chi connectivity index (χ2v) is 2.23. The van der Waals surface area contributed by atoms with Crippen LogP contribution in [-0.2, 0) is 4.79 Å². The molecule has 0 aromatic heterocycles. The Kier molecular flexibility index (Phi) is 2.82. The minimum atomic E-state index is -0.526. The molecule has 0 heterocycles. The number of esters is 1.